The number of sulfonamides is 1. The first-order valence-corrected chi connectivity index (χ1v) is 7.55. The molecule has 0 aliphatic carbocycles. The number of anilines is 2. The van der Waals surface area contributed by atoms with Gasteiger partial charge in [-0.3, -0.25) is 9.52 Å². The Kier molecular flexibility index (Phi) is 4.13. The summed E-state index contributed by atoms with van der Waals surface area (Å²) in [5.41, 5.74) is 0.778. The van der Waals surface area contributed by atoms with Gasteiger partial charge in [0.15, 0.2) is 0 Å². The number of benzene rings is 2. The average molecular weight is 306 g/mol. The van der Waals surface area contributed by atoms with Gasteiger partial charge >= 0.3 is 0 Å². The highest BCUT2D eigenvalue weighted by Gasteiger charge is 2.14. The van der Waals surface area contributed by atoms with E-state index in [1.807, 2.05) is 0 Å². The Morgan fingerprint density at radius 3 is 2.29 bits per heavy atom. The Bertz CT molecular complexity index is 755. The summed E-state index contributed by atoms with van der Waals surface area (Å²) >= 11 is 0. The van der Waals surface area contributed by atoms with E-state index in [-0.39, 0.29) is 22.2 Å². The molecule has 0 radical (unpaired) electrons. The number of carbonyl (C=O) groups excluding carboxylic acids is 1. The fraction of sp³-hybridized carbons (Fsp3) is 0.0714. The Morgan fingerprint density at radius 1 is 1.05 bits per heavy atom. The number of carbonyl (C=O) groups is 1. The molecule has 7 heteroatoms. The first kappa shape index (κ1) is 14.9. The summed E-state index contributed by atoms with van der Waals surface area (Å²) in [6.07, 6.45) is 0. The Balaban J connectivity index is 2.21. The predicted octanol–water partition coefficient (Wildman–Crippen LogP) is 2.15. The Labute approximate surface area is 122 Å². The second kappa shape index (κ2) is 5.84. The number of phenolic OH excluding ortho intramolecular Hbond substituents is 1. The molecule has 21 heavy (non-hydrogen) atoms. The standard InChI is InChI=1S/C14H14N2O4S/c1-10(17)15-11-5-7-14(8-6-11)21(19,20)16-12-3-2-4-13(18)9-12/h2-9,16,18H,1H3,(H,15,17). The third-order valence-corrected chi connectivity index (χ3v) is 3.98. The Hall–Kier alpha value is -2.54. The summed E-state index contributed by atoms with van der Waals surface area (Å²) < 4.78 is 26.7. The molecule has 0 saturated carbocycles. The smallest absolute Gasteiger partial charge is 0.261 e. The molecule has 0 bridgehead atoms. The highest BCUT2D eigenvalue weighted by Crippen LogP contribution is 2.20. The maximum atomic E-state index is 12.2. The average Bonchev–Trinajstić information content (AvgIpc) is 2.38. The number of hydrogen-bond acceptors (Lipinski definition) is 4. The van der Waals surface area contributed by atoms with Crippen molar-refractivity contribution in [2.45, 2.75) is 11.8 Å². The number of nitrogens with one attached hydrogen (secondary N) is 2. The number of amides is 1. The number of rotatable bonds is 4. The molecule has 0 atom stereocenters. The zero-order valence-corrected chi connectivity index (χ0v) is 12.0. The van der Waals surface area contributed by atoms with Crippen molar-refractivity contribution in [3.63, 3.8) is 0 Å². The minimum atomic E-state index is -3.75. The van der Waals surface area contributed by atoms with Crippen LogP contribution in [0.5, 0.6) is 5.75 Å². The molecule has 3 N–H and O–H groups in total. The first-order chi connectivity index (χ1) is 9.87. The topological polar surface area (TPSA) is 95.5 Å². The van der Waals surface area contributed by atoms with E-state index >= 15 is 0 Å². The van der Waals surface area contributed by atoms with Crippen LogP contribution in [0.4, 0.5) is 11.4 Å². The molecule has 0 spiro atoms. The van der Waals surface area contributed by atoms with Crippen LogP contribution in [-0.4, -0.2) is 19.4 Å². The summed E-state index contributed by atoms with van der Waals surface area (Å²) in [4.78, 5) is 11.0. The molecule has 0 fully saturated rings. The summed E-state index contributed by atoms with van der Waals surface area (Å²) in [7, 11) is -3.75. The van der Waals surface area contributed by atoms with Gasteiger partial charge in [-0.05, 0) is 36.4 Å². The second-order valence-electron chi connectivity index (χ2n) is 4.36. The van der Waals surface area contributed by atoms with Crippen LogP contribution >= 0.6 is 0 Å². The maximum absolute atomic E-state index is 12.2. The predicted molar refractivity (Wildman–Crippen MR) is 79.7 cm³/mol. The van der Waals surface area contributed by atoms with Crippen LogP contribution in [0.3, 0.4) is 0 Å². The van der Waals surface area contributed by atoms with Gasteiger partial charge in [0.2, 0.25) is 5.91 Å². The molecule has 0 heterocycles. The second-order valence-corrected chi connectivity index (χ2v) is 6.04. The van der Waals surface area contributed by atoms with Gasteiger partial charge < -0.3 is 10.4 Å². The lowest BCUT2D eigenvalue weighted by Crippen LogP contribution is -2.13. The van der Waals surface area contributed by atoms with Crippen LogP contribution in [0, 0.1) is 0 Å². The zero-order chi connectivity index (χ0) is 15.5. The summed E-state index contributed by atoms with van der Waals surface area (Å²) in [5.74, 6) is -0.264. The molecule has 0 saturated heterocycles. The quantitative estimate of drug-likeness (QED) is 0.806. The maximum Gasteiger partial charge on any atom is 0.261 e. The third-order valence-electron chi connectivity index (χ3n) is 2.58. The minimum absolute atomic E-state index is 0.0313. The van der Waals surface area contributed by atoms with Gasteiger partial charge in [-0.2, -0.15) is 0 Å². The molecule has 2 aromatic carbocycles. The van der Waals surface area contributed by atoms with Crippen molar-refractivity contribution in [1.29, 1.82) is 0 Å². The van der Waals surface area contributed by atoms with Crippen molar-refractivity contribution < 1.29 is 18.3 Å². The van der Waals surface area contributed by atoms with E-state index in [1.54, 1.807) is 0 Å². The van der Waals surface area contributed by atoms with Gasteiger partial charge in [-0.1, -0.05) is 6.07 Å². The highest BCUT2D eigenvalue weighted by molar-refractivity contribution is 7.92. The number of aromatic hydroxyl groups is 1. The normalized spacial score (nSPS) is 10.9. The fourth-order valence-electron chi connectivity index (χ4n) is 1.70. The van der Waals surface area contributed by atoms with Crippen molar-refractivity contribution in [2.24, 2.45) is 0 Å². The van der Waals surface area contributed by atoms with Crippen LogP contribution in [0.2, 0.25) is 0 Å². The molecule has 6 nitrogen and oxygen atoms in total. The van der Waals surface area contributed by atoms with E-state index in [9.17, 15) is 18.3 Å². The fourth-order valence-corrected chi connectivity index (χ4v) is 2.75. The summed E-state index contributed by atoms with van der Waals surface area (Å²) in [6, 6.07) is 11.6. The minimum Gasteiger partial charge on any atom is -0.508 e. The third kappa shape index (κ3) is 3.96. The van der Waals surface area contributed by atoms with Gasteiger partial charge in [0.1, 0.15) is 5.75 Å². The number of phenols is 1. The molecule has 1 amide bonds. The van der Waals surface area contributed by atoms with E-state index in [4.69, 9.17) is 0 Å². The number of hydrogen-bond donors (Lipinski definition) is 3. The van der Waals surface area contributed by atoms with Crippen LogP contribution in [0.25, 0.3) is 0 Å². The van der Waals surface area contributed by atoms with Crippen molar-refractivity contribution >= 4 is 27.3 Å². The van der Waals surface area contributed by atoms with Crippen molar-refractivity contribution in [3.8, 4) is 5.75 Å². The summed E-state index contributed by atoms with van der Waals surface area (Å²) in [6.45, 7) is 1.37. The first-order valence-electron chi connectivity index (χ1n) is 6.06. The van der Waals surface area contributed by atoms with E-state index in [0.717, 1.165) is 0 Å². The monoisotopic (exact) mass is 306 g/mol. The SMILES string of the molecule is CC(=O)Nc1ccc(S(=O)(=O)Nc2cccc(O)c2)cc1. The molecule has 0 aliphatic heterocycles. The van der Waals surface area contributed by atoms with E-state index < -0.39 is 10.0 Å². The molecule has 0 aromatic heterocycles. The van der Waals surface area contributed by atoms with Gasteiger partial charge in [0.25, 0.3) is 10.0 Å². The van der Waals surface area contributed by atoms with E-state index in [0.29, 0.717) is 5.69 Å². The van der Waals surface area contributed by atoms with E-state index in [1.165, 1.54) is 55.5 Å². The van der Waals surface area contributed by atoms with Gasteiger partial charge in [0.05, 0.1) is 10.6 Å². The molecule has 110 valence electrons. The van der Waals surface area contributed by atoms with Crippen LogP contribution in [-0.2, 0) is 14.8 Å². The molecule has 0 unspecified atom stereocenters. The molecule has 0 aliphatic rings. The largest absolute Gasteiger partial charge is 0.508 e. The summed E-state index contributed by atoms with van der Waals surface area (Å²) in [5, 5.41) is 11.9. The van der Waals surface area contributed by atoms with Crippen LogP contribution in [0.1, 0.15) is 6.92 Å². The van der Waals surface area contributed by atoms with Gasteiger partial charge in [-0.15, -0.1) is 0 Å². The van der Waals surface area contributed by atoms with Crippen molar-refractivity contribution in [1.82, 2.24) is 0 Å². The van der Waals surface area contributed by atoms with Crippen molar-refractivity contribution in [2.75, 3.05) is 10.0 Å². The van der Waals surface area contributed by atoms with Crippen LogP contribution < -0.4 is 10.0 Å². The Morgan fingerprint density at radius 2 is 1.71 bits per heavy atom. The zero-order valence-electron chi connectivity index (χ0n) is 11.2. The lowest BCUT2D eigenvalue weighted by Gasteiger charge is -2.09. The molecular formula is C14H14N2O4S. The molecular weight excluding hydrogens is 292 g/mol. The van der Waals surface area contributed by atoms with E-state index in [2.05, 4.69) is 10.0 Å². The lowest BCUT2D eigenvalue weighted by atomic mass is 10.3. The van der Waals surface area contributed by atoms with Crippen LogP contribution in [0.15, 0.2) is 53.4 Å². The highest BCUT2D eigenvalue weighted by atomic mass is 32.2. The lowest BCUT2D eigenvalue weighted by molar-refractivity contribution is -0.114. The molecule has 2 aromatic rings. The van der Waals surface area contributed by atoms with Gasteiger partial charge in [0, 0.05) is 18.7 Å². The molecule has 2 rings (SSSR count). The van der Waals surface area contributed by atoms with Gasteiger partial charge in [-0.25, -0.2) is 8.42 Å². The van der Waals surface area contributed by atoms with Crippen molar-refractivity contribution in [3.05, 3.63) is 48.5 Å².